The van der Waals surface area contributed by atoms with E-state index >= 15 is 0 Å². The number of halogens is 2. The van der Waals surface area contributed by atoms with Crippen molar-refractivity contribution >= 4 is 34.8 Å². The predicted octanol–water partition coefficient (Wildman–Crippen LogP) is 3.18. The Morgan fingerprint density at radius 1 is 1.46 bits per heavy atom. The summed E-state index contributed by atoms with van der Waals surface area (Å²) in [5, 5.41) is 20.4. The molecular formula is C14H12ClFN4O4. The van der Waals surface area contributed by atoms with E-state index in [2.05, 4.69) is 9.97 Å². The summed E-state index contributed by atoms with van der Waals surface area (Å²) in [5.41, 5.74) is -0.285. The van der Waals surface area contributed by atoms with Crippen molar-refractivity contribution < 1.29 is 19.2 Å². The smallest absolute Gasteiger partial charge is 0.330 e. The summed E-state index contributed by atoms with van der Waals surface area (Å²) in [6.07, 6.45) is 1.02. The van der Waals surface area contributed by atoms with E-state index in [0.717, 1.165) is 23.2 Å². The maximum absolute atomic E-state index is 13.2. The number of carboxylic acids is 1. The lowest BCUT2D eigenvalue weighted by Crippen LogP contribution is -2.38. The van der Waals surface area contributed by atoms with Crippen molar-refractivity contribution in [3.05, 3.63) is 51.7 Å². The molecule has 0 radical (unpaired) electrons. The van der Waals surface area contributed by atoms with Gasteiger partial charge < -0.3 is 10.0 Å². The van der Waals surface area contributed by atoms with E-state index in [9.17, 15) is 24.4 Å². The van der Waals surface area contributed by atoms with Crippen molar-refractivity contribution in [2.75, 3.05) is 4.90 Å². The van der Waals surface area contributed by atoms with E-state index in [0.29, 0.717) is 0 Å². The minimum absolute atomic E-state index is 0.117. The molecule has 1 unspecified atom stereocenters. The largest absolute Gasteiger partial charge is 0.480 e. The zero-order valence-corrected chi connectivity index (χ0v) is 13.1. The maximum Gasteiger partial charge on any atom is 0.330 e. The minimum Gasteiger partial charge on any atom is -0.480 e. The van der Waals surface area contributed by atoms with Gasteiger partial charge in [0, 0.05) is 5.69 Å². The number of benzene rings is 1. The molecule has 1 aromatic heterocycles. The van der Waals surface area contributed by atoms with Gasteiger partial charge in [0.25, 0.3) is 0 Å². The topological polar surface area (TPSA) is 109 Å². The highest BCUT2D eigenvalue weighted by atomic mass is 35.5. The van der Waals surface area contributed by atoms with E-state index < -0.39 is 28.4 Å². The van der Waals surface area contributed by atoms with Crippen molar-refractivity contribution in [3.8, 4) is 0 Å². The zero-order chi connectivity index (χ0) is 17.9. The molecule has 0 saturated heterocycles. The second-order valence-electron chi connectivity index (χ2n) is 4.71. The number of aliphatic carboxylic acids is 1. The summed E-state index contributed by atoms with van der Waals surface area (Å²) in [5.74, 6) is -2.02. The molecule has 0 bridgehead atoms. The highest BCUT2D eigenvalue weighted by molar-refractivity contribution is 6.28. The van der Waals surface area contributed by atoms with Gasteiger partial charge in [-0.25, -0.2) is 14.2 Å². The summed E-state index contributed by atoms with van der Waals surface area (Å²) in [7, 11) is 0. The van der Waals surface area contributed by atoms with Gasteiger partial charge in [0.15, 0.2) is 0 Å². The molecule has 0 aliphatic rings. The second kappa shape index (κ2) is 7.18. The Kier molecular flexibility index (Phi) is 5.24. The average Bonchev–Trinajstić information content (AvgIpc) is 2.52. The van der Waals surface area contributed by atoms with Crippen molar-refractivity contribution in [1.82, 2.24) is 9.97 Å². The molecule has 0 saturated carbocycles. The van der Waals surface area contributed by atoms with Gasteiger partial charge in [-0.05, 0) is 42.3 Å². The fraction of sp³-hybridized carbons (Fsp3) is 0.214. The van der Waals surface area contributed by atoms with Gasteiger partial charge in [0.1, 0.15) is 18.1 Å². The average molecular weight is 355 g/mol. The number of nitrogens with zero attached hydrogens (tertiary/aromatic N) is 4. The summed E-state index contributed by atoms with van der Waals surface area (Å²) in [4.78, 5) is 30.6. The molecular weight excluding hydrogens is 343 g/mol. The van der Waals surface area contributed by atoms with Gasteiger partial charge >= 0.3 is 11.7 Å². The molecule has 10 heteroatoms. The first-order chi connectivity index (χ1) is 11.3. The van der Waals surface area contributed by atoms with Crippen LogP contribution in [0, 0.1) is 15.9 Å². The number of carbonyl (C=O) groups is 1. The SMILES string of the molecule is CCC(C(=O)O)N(c1ccc(F)cc1)c1nc(Cl)ncc1[N+](=O)[O-]. The molecule has 24 heavy (non-hydrogen) atoms. The molecule has 1 aromatic carbocycles. The molecule has 0 spiro atoms. The first-order valence-electron chi connectivity index (χ1n) is 6.79. The van der Waals surface area contributed by atoms with Gasteiger partial charge in [0.2, 0.25) is 11.1 Å². The third kappa shape index (κ3) is 3.57. The Hall–Kier alpha value is -2.81. The highest BCUT2D eigenvalue weighted by Crippen LogP contribution is 2.34. The third-order valence-electron chi connectivity index (χ3n) is 3.23. The molecule has 8 nitrogen and oxygen atoms in total. The fourth-order valence-electron chi connectivity index (χ4n) is 2.17. The van der Waals surface area contributed by atoms with Crippen LogP contribution in [-0.2, 0) is 4.79 Å². The minimum atomic E-state index is -1.22. The molecule has 2 rings (SSSR count). The van der Waals surface area contributed by atoms with Crippen molar-refractivity contribution in [2.45, 2.75) is 19.4 Å². The van der Waals surface area contributed by atoms with Crippen LogP contribution in [0.25, 0.3) is 0 Å². The standard InChI is InChI=1S/C14H12ClFN4O4/c1-2-10(13(21)22)19(9-5-3-8(16)4-6-9)12-11(20(23)24)7-17-14(15)18-12/h3-7,10H,2H2,1H3,(H,21,22). The Bertz CT molecular complexity index is 772. The van der Waals surface area contributed by atoms with E-state index in [1.165, 1.54) is 12.1 Å². The lowest BCUT2D eigenvalue weighted by molar-refractivity contribution is -0.384. The third-order valence-corrected chi connectivity index (χ3v) is 3.42. The summed E-state index contributed by atoms with van der Waals surface area (Å²) in [6.45, 7) is 1.60. The number of nitro groups is 1. The van der Waals surface area contributed by atoms with Gasteiger partial charge in [-0.3, -0.25) is 10.1 Å². The van der Waals surface area contributed by atoms with Crippen LogP contribution in [0.15, 0.2) is 30.5 Å². The van der Waals surface area contributed by atoms with E-state index in [4.69, 9.17) is 11.6 Å². The molecule has 1 N–H and O–H groups in total. The molecule has 0 aliphatic heterocycles. The second-order valence-corrected chi connectivity index (χ2v) is 5.05. The van der Waals surface area contributed by atoms with Crippen LogP contribution in [0.5, 0.6) is 0 Å². The summed E-state index contributed by atoms with van der Waals surface area (Å²) < 4.78 is 13.2. The van der Waals surface area contributed by atoms with Crippen LogP contribution in [-0.4, -0.2) is 32.0 Å². The van der Waals surface area contributed by atoms with Gasteiger partial charge in [-0.2, -0.15) is 4.98 Å². The number of hydrogen-bond donors (Lipinski definition) is 1. The lowest BCUT2D eigenvalue weighted by atomic mass is 10.1. The molecule has 126 valence electrons. The first kappa shape index (κ1) is 17.5. The molecule has 0 aliphatic carbocycles. The molecule has 1 atom stereocenters. The van der Waals surface area contributed by atoms with Gasteiger partial charge in [-0.15, -0.1) is 0 Å². The van der Waals surface area contributed by atoms with Crippen molar-refractivity contribution in [1.29, 1.82) is 0 Å². The zero-order valence-electron chi connectivity index (χ0n) is 12.4. The Morgan fingerprint density at radius 2 is 2.08 bits per heavy atom. The monoisotopic (exact) mass is 354 g/mol. The number of rotatable bonds is 6. The summed E-state index contributed by atoms with van der Waals surface area (Å²) in [6, 6.07) is 3.68. The normalized spacial score (nSPS) is 11.8. The maximum atomic E-state index is 13.2. The molecule has 0 amide bonds. The molecule has 1 heterocycles. The van der Waals surface area contributed by atoms with Gasteiger partial charge in [0.05, 0.1) is 4.92 Å². The van der Waals surface area contributed by atoms with Crippen LogP contribution in [0.3, 0.4) is 0 Å². The van der Waals surface area contributed by atoms with Crippen molar-refractivity contribution in [3.63, 3.8) is 0 Å². The first-order valence-corrected chi connectivity index (χ1v) is 7.17. The van der Waals surface area contributed by atoms with Crippen LogP contribution in [0.2, 0.25) is 5.28 Å². The quantitative estimate of drug-likeness (QED) is 0.482. The number of carboxylic acid groups (broad SMARTS) is 1. The Morgan fingerprint density at radius 3 is 2.58 bits per heavy atom. The van der Waals surface area contributed by atoms with Crippen molar-refractivity contribution in [2.24, 2.45) is 0 Å². The Labute approximate surface area is 140 Å². The van der Waals surface area contributed by atoms with Gasteiger partial charge in [-0.1, -0.05) is 6.92 Å². The molecule has 2 aromatic rings. The number of hydrogen-bond acceptors (Lipinski definition) is 6. The highest BCUT2D eigenvalue weighted by Gasteiger charge is 2.32. The lowest BCUT2D eigenvalue weighted by Gasteiger charge is -2.28. The van der Waals surface area contributed by atoms with Crippen LogP contribution in [0.1, 0.15) is 13.3 Å². The van der Waals surface area contributed by atoms with Crippen LogP contribution < -0.4 is 4.90 Å². The number of aromatic nitrogens is 2. The van der Waals surface area contributed by atoms with E-state index in [1.54, 1.807) is 6.92 Å². The number of anilines is 2. The molecule has 0 fully saturated rings. The van der Waals surface area contributed by atoms with E-state index in [-0.39, 0.29) is 23.2 Å². The van der Waals surface area contributed by atoms with Crippen LogP contribution in [0.4, 0.5) is 21.6 Å². The van der Waals surface area contributed by atoms with Crippen LogP contribution >= 0.6 is 11.6 Å². The fourth-order valence-corrected chi connectivity index (χ4v) is 2.30. The summed E-state index contributed by atoms with van der Waals surface area (Å²) >= 11 is 5.73. The Balaban J connectivity index is 2.71. The van der Waals surface area contributed by atoms with E-state index in [1.807, 2.05) is 0 Å². The predicted molar refractivity (Wildman–Crippen MR) is 84.0 cm³/mol.